The molecule has 2 rings (SSSR count). The molecular formula is C13H22ClN3O3S. The largest absolute Gasteiger partial charge is 0.393 e. The zero-order chi connectivity index (χ0) is 15.8. The predicted octanol–water partition coefficient (Wildman–Crippen LogP) is 1.55. The fourth-order valence-corrected chi connectivity index (χ4v) is 4.81. The third kappa shape index (κ3) is 3.26. The van der Waals surface area contributed by atoms with Crippen LogP contribution in [0.15, 0.2) is 4.90 Å². The number of aryl methyl sites for hydroxylation is 2. The lowest BCUT2D eigenvalue weighted by Gasteiger charge is -2.30. The molecule has 1 aliphatic carbocycles. The summed E-state index contributed by atoms with van der Waals surface area (Å²) in [7, 11) is -0.558. The van der Waals surface area contributed by atoms with Gasteiger partial charge >= 0.3 is 0 Å². The Balaban J connectivity index is 2.22. The van der Waals surface area contributed by atoms with E-state index in [4.69, 9.17) is 11.6 Å². The van der Waals surface area contributed by atoms with Crippen LogP contribution in [-0.4, -0.2) is 47.3 Å². The van der Waals surface area contributed by atoms with E-state index in [2.05, 4.69) is 5.10 Å². The van der Waals surface area contributed by atoms with Gasteiger partial charge in [-0.2, -0.15) is 5.10 Å². The highest BCUT2D eigenvalue weighted by molar-refractivity contribution is 7.89. The molecular weight excluding hydrogens is 314 g/mol. The summed E-state index contributed by atoms with van der Waals surface area (Å²) in [4.78, 5) is 0.0551. The first-order chi connectivity index (χ1) is 9.75. The summed E-state index contributed by atoms with van der Waals surface area (Å²) in [6.07, 6.45) is 3.19. The number of rotatable bonds is 4. The maximum Gasteiger partial charge on any atom is 0.247 e. The molecule has 0 saturated heterocycles. The summed E-state index contributed by atoms with van der Waals surface area (Å²) in [5, 5.41) is 14.2. The van der Waals surface area contributed by atoms with Crippen LogP contribution >= 0.6 is 11.6 Å². The van der Waals surface area contributed by atoms with Crippen LogP contribution in [0.25, 0.3) is 0 Å². The van der Waals surface area contributed by atoms with Gasteiger partial charge < -0.3 is 5.11 Å². The molecule has 8 heteroatoms. The van der Waals surface area contributed by atoms with E-state index in [-0.39, 0.29) is 16.0 Å². The zero-order valence-electron chi connectivity index (χ0n) is 12.6. The number of nitrogens with zero attached hydrogens (tertiary/aromatic N) is 3. The molecule has 0 radical (unpaired) electrons. The predicted molar refractivity (Wildman–Crippen MR) is 80.7 cm³/mol. The van der Waals surface area contributed by atoms with Crippen LogP contribution < -0.4 is 0 Å². The molecule has 1 saturated carbocycles. The average molecular weight is 336 g/mol. The first-order valence-electron chi connectivity index (χ1n) is 7.08. The second kappa shape index (κ2) is 6.24. The summed E-state index contributed by atoms with van der Waals surface area (Å²) in [5.74, 6) is -0.0192. The minimum atomic E-state index is -3.70. The number of hydrogen-bond donors (Lipinski definition) is 1. The second-order valence-corrected chi connectivity index (χ2v) is 8.07. The van der Waals surface area contributed by atoms with Gasteiger partial charge in [0.25, 0.3) is 0 Å². The van der Waals surface area contributed by atoms with E-state index in [1.807, 2.05) is 0 Å². The fourth-order valence-electron chi connectivity index (χ4n) is 2.89. The van der Waals surface area contributed by atoms with E-state index in [1.54, 1.807) is 14.0 Å². The molecule has 21 heavy (non-hydrogen) atoms. The number of halogens is 1. The lowest BCUT2D eigenvalue weighted by atomic mass is 9.86. The first kappa shape index (κ1) is 16.7. The number of hydrogen-bond acceptors (Lipinski definition) is 4. The molecule has 1 aromatic heterocycles. The normalized spacial score (nSPS) is 23.7. The van der Waals surface area contributed by atoms with Crippen LogP contribution in [0, 0.1) is 12.8 Å². The Morgan fingerprint density at radius 1 is 1.43 bits per heavy atom. The standard InChI is InChI=1S/C13H22ClN3O3S/c1-9-12(13(14)17(3)15-9)21(19,20)16(2)8-10-6-4-5-7-11(10)18/h10-11,18H,4-8H2,1-3H3. The minimum absolute atomic E-state index is 0.0192. The Morgan fingerprint density at radius 3 is 2.57 bits per heavy atom. The summed E-state index contributed by atoms with van der Waals surface area (Å²) >= 11 is 6.06. The lowest BCUT2D eigenvalue weighted by molar-refractivity contribution is 0.0620. The number of aliphatic hydroxyl groups excluding tert-OH is 1. The van der Waals surface area contributed by atoms with E-state index >= 15 is 0 Å². The van der Waals surface area contributed by atoms with Gasteiger partial charge in [0.05, 0.1) is 11.8 Å². The lowest BCUT2D eigenvalue weighted by Crippen LogP contribution is -2.38. The topological polar surface area (TPSA) is 75.4 Å². The summed E-state index contributed by atoms with van der Waals surface area (Å²) in [6, 6.07) is 0. The van der Waals surface area contributed by atoms with Gasteiger partial charge in [-0.05, 0) is 25.7 Å². The Kier molecular flexibility index (Phi) is 4.97. The van der Waals surface area contributed by atoms with E-state index in [0.29, 0.717) is 12.2 Å². The Labute approximate surface area is 130 Å². The molecule has 2 unspecified atom stereocenters. The van der Waals surface area contributed by atoms with Crippen molar-refractivity contribution < 1.29 is 13.5 Å². The molecule has 0 aliphatic heterocycles. The first-order valence-corrected chi connectivity index (χ1v) is 8.90. The van der Waals surface area contributed by atoms with Gasteiger partial charge in [-0.1, -0.05) is 24.4 Å². The molecule has 0 amide bonds. The van der Waals surface area contributed by atoms with Gasteiger partial charge in [-0.3, -0.25) is 4.68 Å². The maximum absolute atomic E-state index is 12.7. The number of aromatic nitrogens is 2. The van der Waals surface area contributed by atoms with Gasteiger partial charge in [0.2, 0.25) is 10.0 Å². The van der Waals surface area contributed by atoms with E-state index in [1.165, 1.54) is 16.0 Å². The fraction of sp³-hybridized carbons (Fsp3) is 0.769. The van der Waals surface area contributed by atoms with E-state index in [9.17, 15) is 13.5 Å². The Bertz CT molecular complexity index is 614. The molecule has 2 atom stereocenters. The molecule has 120 valence electrons. The van der Waals surface area contributed by atoms with Crippen LogP contribution in [0.4, 0.5) is 0 Å². The summed E-state index contributed by atoms with van der Waals surface area (Å²) in [6.45, 7) is 1.93. The Morgan fingerprint density at radius 2 is 2.05 bits per heavy atom. The molecule has 6 nitrogen and oxygen atoms in total. The molecule has 1 heterocycles. The number of sulfonamides is 1. The third-order valence-corrected chi connectivity index (χ3v) is 6.65. The highest BCUT2D eigenvalue weighted by Gasteiger charge is 2.33. The SMILES string of the molecule is Cc1nn(C)c(Cl)c1S(=O)(=O)N(C)CC1CCCCC1O. The molecule has 0 bridgehead atoms. The maximum atomic E-state index is 12.7. The van der Waals surface area contributed by atoms with Gasteiger partial charge in [0.15, 0.2) is 0 Å². The quantitative estimate of drug-likeness (QED) is 0.906. The zero-order valence-corrected chi connectivity index (χ0v) is 14.2. The van der Waals surface area contributed by atoms with Crippen molar-refractivity contribution in [2.45, 2.75) is 43.6 Å². The van der Waals surface area contributed by atoms with Crippen LogP contribution in [0.1, 0.15) is 31.4 Å². The van der Waals surface area contributed by atoms with Crippen LogP contribution in [-0.2, 0) is 17.1 Å². The van der Waals surface area contributed by atoms with Crippen LogP contribution in [0.3, 0.4) is 0 Å². The van der Waals surface area contributed by atoms with Crippen molar-refractivity contribution in [3.63, 3.8) is 0 Å². The molecule has 1 aliphatic rings. The van der Waals surface area contributed by atoms with Crippen molar-refractivity contribution in [3.8, 4) is 0 Å². The molecule has 1 aromatic rings. The van der Waals surface area contributed by atoms with Crippen molar-refractivity contribution in [1.29, 1.82) is 0 Å². The van der Waals surface area contributed by atoms with Crippen molar-refractivity contribution in [3.05, 3.63) is 10.8 Å². The second-order valence-electron chi connectivity index (χ2n) is 5.73. The highest BCUT2D eigenvalue weighted by atomic mass is 35.5. The highest BCUT2D eigenvalue weighted by Crippen LogP contribution is 2.30. The summed E-state index contributed by atoms with van der Waals surface area (Å²) in [5.41, 5.74) is 0.388. The van der Waals surface area contributed by atoms with E-state index < -0.39 is 16.1 Å². The summed E-state index contributed by atoms with van der Waals surface area (Å²) < 4.78 is 28.0. The molecule has 1 fully saturated rings. The van der Waals surface area contributed by atoms with Gasteiger partial charge in [-0.25, -0.2) is 12.7 Å². The van der Waals surface area contributed by atoms with Gasteiger partial charge in [-0.15, -0.1) is 0 Å². The molecule has 0 spiro atoms. The third-order valence-electron chi connectivity index (χ3n) is 4.13. The van der Waals surface area contributed by atoms with Gasteiger partial charge in [0.1, 0.15) is 10.0 Å². The smallest absolute Gasteiger partial charge is 0.247 e. The number of aliphatic hydroxyl groups is 1. The van der Waals surface area contributed by atoms with Crippen molar-refractivity contribution in [2.75, 3.05) is 13.6 Å². The van der Waals surface area contributed by atoms with Crippen LogP contribution in [0.2, 0.25) is 5.15 Å². The van der Waals surface area contributed by atoms with E-state index in [0.717, 1.165) is 25.7 Å². The minimum Gasteiger partial charge on any atom is -0.393 e. The monoisotopic (exact) mass is 335 g/mol. The van der Waals surface area contributed by atoms with Crippen molar-refractivity contribution >= 4 is 21.6 Å². The van der Waals surface area contributed by atoms with Gasteiger partial charge in [0, 0.05) is 20.6 Å². The van der Waals surface area contributed by atoms with Crippen molar-refractivity contribution in [2.24, 2.45) is 13.0 Å². The Hall–Kier alpha value is -0.630. The van der Waals surface area contributed by atoms with Crippen molar-refractivity contribution in [1.82, 2.24) is 14.1 Å². The molecule has 1 N–H and O–H groups in total. The molecule has 0 aromatic carbocycles. The van der Waals surface area contributed by atoms with Crippen LogP contribution in [0.5, 0.6) is 0 Å². The average Bonchev–Trinajstić information content (AvgIpc) is 2.66.